The van der Waals surface area contributed by atoms with E-state index in [1.165, 1.54) is 7.11 Å². The maximum Gasteiger partial charge on any atom is 0.526 e. The summed E-state index contributed by atoms with van der Waals surface area (Å²) in [6, 6.07) is 5.20. The third-order valence-electron chi connectivity index (χ3n) is 3.92. The average Bonchev–Trinajstić information content (AvgIpc) is 2.52. The lowest BCUT2D eigenvalue weighted by atomic mass is 9.64. The second-order valence-corrected chi connectivity index (χ2v) is 5.60. The molecule has 0 aromatic heterocycles. The molecule has 1 aliphatic heterocycles. The van der Waals surface area contributed by atoms with Crippen molar-refractivity contribution in [3.05, 3.63) is 29.3 Å². The lowest BCUT2D eigenvalue weighted by molar-refractivity contribution is -0.119. The predicted molar refractivity (Wildman–Crippen MR) is 83.0 cm³/mol. The Morgan fingerprint density at radius 3 is 2.91 bits per heavy atom. The first-order valence-electron chi connectivity index (χ1n) is 7.63. The van der Waals surface area contributed by atoms with E-state index in [9.17, 15) is 14.6 Å². The van der Waals surface area contributed by atoms with E-state index in [2.05, 4.69) is 0 Å². The SMILES string of the molecule is CCCCC(=O)C[C@H]1Cc2cccc(C(=O)OC)c2OB1O. The fourth-order valence-electron chi connectivity index (χ4n) is 2.70. The molecule has 5 nitrogen and oxygen atoms in total. The number of hydrogen-bond donors (Lipinski definition) is 1. The Hall–Kier alpha value is -1.82. The van der Waals surface area contributed by atoms with Crippen LogP contribution in [-0.4, -0.2) is 31.0 Å². The first-order valence-corrected chi connectivity index (χ1v) is 7.63. The second-order valence-electron chi connectivity index (χ2n) is 5.60. The van der Waals surface area contributed by atoms with Gasteiger partial charge in [-0.25, -0.2) is 4.79 Å². The number of fused-ring (bicyclic) bond motifs is 1. The summed E-state index contributed by atoms with van der Waals surface area (Å²) < 4.78 is 10.2. The first kappa shape index (κ1) is 16.6. The van der Waals surface area contributed by atoms with E-state index in [0.29, 0.717) is 30.6 Å². The number of methoxy groups -OCH3 is 1. The molecular formula is C16H21BO5. The fourth-order valence-corrected chi connectivity index (χ4v) is 2.70. The van der Waals surface area contributed by atoms with Gasteiger partial charge in [-0.2, -0.15) is 0 Å². The average molecular weight is 304 g/mol. The molecule has 0 amide bonds. The van der Waals surface area contributed by atoms with Crippen LogP contribution in [0.4, 0.5) is 0 Å². The molecule has 0 saturated carbocycles. The molecule has 1 N–H and O–H groups in total. The van der Waals surface area contributed by atoms with Crippen molar-refractivity contribution in [2.75, 3.05) is 7.11 Å². The number of para-hydroxylation sites is 1. The molecule has 118 valence electrons. The third kappa shape index (κ3) is 3.68. The highest BCUT2D eigenvalue weighted by Crippen LogP contribution is 2.36. The summed E-state index contributed by atoms with van der Waals surface area (Å²) in [7, 11) is 0.222. The maximum atomic E-state index is 11.9. The molecule has 1 aromatic rings. The van der Waals surface area contributed by atoms with Crippen molar-refractivity contribution in [1.29, 1.82) is 0 Å². The maximum absolute atomic E-state index is 11.9. The number of Topliss-reactive ketones (excluding diaryl/α,β-unsaturated/α-hetero) is 1. The molecule has 2 rings (SSSR count). The molecule has 6 heteroatoms. The summed E-state index contributed by atoms with van der Waals surface area (Å²) in [4.78, 5) is 23.6. The quantitative estimate of drug-likeness (QED) is 0.645. The van der Waals surface area contributed by atoms with Crippen molar-refractivity contribution in [3.63, 3.8) is 0 Å². The Morgan fingerprint density at radius 2 is 2.23 bits per heavy atom. The molecule has 0 saturated heterocycles. The minimum atomic E-state index is -1.08. The van der Waals surface area contributed by atoms with Crippen molar-refractivity contribution < 1.29 is 24.0 Å². The first-order chi connectivity index (χ1) is 10.6. The number of esters is 1. The normalized spacial score (nSPS) is 16.7. The summed E-state index contributed by atoms with van der Waals surface area (Å²) in [5.74, 6) is -0.271. The Morgan fingerprint density at radius 1 is 1.45 bits per heavy atom. The number of hydrogen-bond acceptors (Lipinski definition) is 5. The van der Waals surface area contributed by atoms with Crippen molar-refractivity contribution in [3.8, 4) is 5.75 Å². The minimum Gasteiger partial charge on any atom is -0.535 e. The van der Waals surface area contributed by atoms with Crippen LogP contribution in [0.25, 0.3) is 0 Å². The van der Waals surface area contributed by atoms with Gasteiger partial charge >= 0.3 is 13.1 Å². The van der Waals surface area contributed by atoms with Crippen LogP contribution in [0.5, 0.6) is 5.75 Å². The zero-order chi connectivity index (χ0) is 16.1. The van der Waals surface area contributed by atoms with E-state index in [0.717, 1.165) is 18.4 Å². The van der Waals surface area contributed by atoms with Gasteiger partial charge < -0.3 is 14.4 Å². The Balaban J connectivity index is 2.13. The van der Waals surface area contributed by atoms with Gasteiger partial charge in [-0.3, -0.25) is 4.79 Å². The van der Waals surface area contributed by atoms with Crippen LogP contribution in [-0.2, 0) is 16.0 Å². The Bertz CT molecular complexity index is 557. The molecule has 22 heavy (non-hydrogen) atoms. The summed E-state index contributed by atoms with van der Waals surface area (Å²) in [6.45, 7) is 2.04. The second kappa shape index (κ2) is 7.45. The van der Waals surface area contributed by atoms with Crippen LogP contribution in [0.2, 0.25) is 5.82 Å². The van der Waals surface area contributed by atoms with Crippen LogP contribution in [0, 0.1) is 0 Å². The molecule has 1 atom stereocenters. The molecule has 0 radical (unpaired) electrons. The molecule has 0 fully saturated rings. The van der Waals surface area contributed by atoms with Gasteiger partial charge in [-0.05, 0) is 24.5 Å². The lowest BCUT2D eigenvalue weighted by Gasteiger charge is -2.28. The summed E-state index contributed by atoms with van der Waals surface area (Å²) in [5, 5.41) is 10.1. The topological polar surface area (TPSA) is 72.8 Å². The Kier molecular flexibility index (Phi) is 5.60. The molecule has 1 aliphatic rings. The smallest absolute Gasteiger partial charge is 0.526 e. The number of carbonyl (C=O) groups excluding carboxylic acids is 2. The van der Waals surface area contributed by atoms with Crippen LogP contribution >= 0.6 is 0 Å². The monoisotopic (exact) mass is 304 g/mol. The van der Waals surface area contributed by atoms with Crippen LogP contribution in [0.1, 0.15) is 48.5 Å². The minimum absolute atomic E-state index is 0.141. The molecule has 1 heterocycles. The number of carbonyl (C=O) groups is 2. The van der Waals surface area contributed by atoms with E-state index >= 15 is 0 Å². The number of unbranched alkanes of at least 4 members (excludes halogenated alkanes) is 1. The molecule has 0 aliphatic carbocycles. The van der Waals surface area contributed by atoms with E-state index in [4.69, 9.17) is 9.39 Å². The lowest BCUT2D eigenvalue weighted by Crippen LogP contribution is -2.35. The summed E-state index contributed by atoms with van der Waals surface area (Å²) in [6.07, 6.45) is 3.18. The molecular weight excluding hydrogens is 283 g/mol. The zero-order valence-corrected chi connectivity index (χ0v) is 13.0. The molecule has 0 spiro atoms. The number of rotatable bonds is 6. The van der Waals surface area contributed by atoms with Gasteiger partial charge in [-0.15, -0.1) is 0 Å². The van der Waals surface area contributed by atoms with Gasteiger partial charge in [-0.1, -0.05) is 25.5 Å². The number of ether oxygens (including phenoxy) is 1. The third-order valence-corrected chi connectivity index (χ3v) is 3.92. The highest BCUT2D eigenvalue weighted by Gasteiger charge is 2.37. The van der Waals surface area contributed by atoms with E-state index < -0.39 is 13.1 Å². The van der Waals surface area contributed by atoms with Gasteiger partial charge in [0.05, 0.1) is 7.11 Å². The van der Waals surface area contributed by atoms with Crippen molar-refractivity contribution in [1.82, 2.24) is 0 Å². The van der Waals surface area contributed by atoms with Gasteiger partial charge in [0.15, 0.2) is 0 Å². The van der Waals surface area contributed by atoms with E-state index in [1.54, 1.807) is 12.1 Å². The number of ketones is 1. The van der Waals surface area contributed by atoms with Crippen LogP contribution in [0.3, 0.4) is 0 Å². The van der Waals surface area contributed by atoms with Gasteiger partial charge in [0, 0.05) is 18.7 Å². The molecule has 1 aromatic carbocycles. The number of benzene rings is 1. The Labute approximate surface area is 130 Å². The van der Waals surface area contributed by atoms with E-state index in [1.807, 2.05) is 13.0 Å². The fraction of sp³-hybridized carbons (Fsp3) is 0.500. The van der Waals surface area contributed by atoms with Gasteiger partial charge in [0.1, 0.15) is 17.1 Å². The van der Waals surface area contributed by atoms with Crippen molar-refractivity contribution >= 4 is 18.9 Å². The van der Waals surface area contributed by atoms with Crippen LogP contribution < -0.4 is 4.65 Å². The molecule has 0 unspecified atom stereocenters. The highest BCUT2D eigenvalue weighted by molar-refractivity contribution is 6.47. The van der Waals surface area contributed by atoms with Gasteiger partial charge in [0.25, 0.3) is 0 Å². The summed E-state index contributed by atoms with van der Waals surface area (Å²) >= 11 is 0. The predicted octanol–water partition coefficient (Wildman–Crippen LogP) is 2.41. The van der Waals surface area contributed by atoms with E-state index in [-0.39, 0.29) is 11.6 Å². The highest BCUT2D eigenvalue weighted by atomic mass is 16.5. The standard InChI is InChI=1S/C16H21BO5/c1-3-4-7-13(18)10-12-9-11-6-5-8-14(16(19)21-2)15(11)22-17(12)20/h5-6,8,12,20H,3-4,7,9-10H2,1-2H3/t12-/m1/s1. The largest absolute Gasteiger partial charge is 0.535 e. The van der Waals surface area contributed by atoms with Gasteiger partial charge in [0.2, 0.25) is 0 Å². The summed E-state index contributed by atoms with van der Waals surface area (Å²) in [5.41, 5.74) is 1.12. The molecule has 0 bridgehead atoms. The van der Waals surface area contributed by atoms with Crippen molar-refractivity contribution in [2.24, 2.45) is 0 Å². The zero-order valence-electron chi connectivity index (χ0n) is 13.0. The van der Waals surface area contributed by atoms with Crippen LogP contribution in [0.15, 0.2) is 18.2 Å². The van der Waals surface area contributed by atoms with Crippen molar-refractivity contribution in [2.45, 2.75) is 44.8 Å².